The molecular weight excluding hydrogens is 288 g/mol. The first-order valence-corrected chi connectivity index (χ1v) is 9.12. The summed E-state index contributed by atoms with van der Waals surface area (Å²) in [5, 5.41) is 3.54. The molecule has 1 aromatic rings. The van der Waals surface area contributed by atoms with Crippen LogP contribution in [0, 0.1) is 6.92 Å². The summed E-state index contributed by atoms with van der Waals surface area (Å²) in [6.45, 7) is 6.18. The van der Waals surface area contributed by atoms with Crippen molar-refractivity contribution in [1.82, 2.24) is 19.2 Å². The minimum atomic E-state index is -3.50. The lowest BCUT2D eigenvalue weighted by Crippen LogP contribution is -2.44. The van der Waals surface area contributed by atoms with Gasteiger partial charge in [0, 0.05) is 32.4 Å². The zero-order valence-corrected chi connectivity index (χ0v) is 14.0. The average Bonchev–Trinajstić information content (AvgIpc) is 2.82. The Morgan fingerprint density at radius 2 is 2.24 bits per heavy atom. The van der Waals surface area contributed by atoms with Crippen molar-refractivity contribution in [3.05, 3.63) is 12.0 Å². The highest BCUT2D eigenvalue weighted by Gasteiger charge is 2.27. The van der Waals surface area contributed by atoms with Gasteiger partial charge in [0.1, 0.15) is 5.82 Å². The summed E-state index contributed by atoms with van der Waals surface area (Å²) in [7, 11) is -1.86. The molecule has 1 aliphatic heterocycles. The summed E-state index contributed by atoms with van der Waals surface area (Å²) in [6, 6.07) is 0.248. The Balaban J connectivity index is 2.10. The third kappa shape index (κ3) is 3.84. The van der Waals surface area contributed by atoms with Crippen molar-refractivity contribution in [3.8, 4) is 0 Å². The van der Waals surface area contributed by atoms with E-state index in [1.54, 1.807) is 13.2 Å². The topological polar surface area (TPSA) is 67.2 Å². The van der Waals surface area contributed by atoms with Crippen molar-refractivity contribution in [2.75, 3.05) is 20.1 Å². The van der Waals surface area contributed by atoms with E-state index in [0.29, 0.717) is 6.54 Å². The van der Waals surface area contributed by atoms with Crippen molar-refractivity contribution in [2.24, 2.45) is 0 Å². The highest BCUT2D eigenvalue weighted by Crippen LogP contribution is 2.16. The molecule has 1 N–H and O–H groups in total. The molecule has 0 saturated carbocycles. The van der Waals surface area contributed by atoms with Crippen LogP contribution in [0.1, 0.15) is 38.4 Å². The van der Waals surface area contributed by atoms with Gasteiger partial charge in [-0.1, -0.05) is 13.3 Å². The molecule has 1 aliphatic rings. The number of aromatic nitrogens is 2. The smallest absolute Gasteiger partial charge is 0.261 e. The summed E-state index contributed by atoms with van der Waals surface area (Å²) in [5.74, 6) is 0.750. The second kappa shape index (κ2) is 6.89. The summed E-state index contributed by atoms with van der Waals surface area (Å²) >= 11 is 0. The molecular formula is C14H26N4O2S. The van der Waals surface area contributed by atoms with E-state index in [0.717, 1.165) is 38.2 Å². The Bertz CT molecular complexity index is 562. The molecule has 120 valence electrons. The minimum Gasteiger partial charge on any atom is -0.334 e. The van der Waals surface area contributed by atoms with Gasteiger partial charge in [0.15, 0.2) is 5.03 Å². The van der Waals surface area contributed by atoms with Gasteiger partial charge in [-0.3, -0.25) is 0 Å². The normalized spacial score (nSPS) is 20.1. The number of hydrogen-bond donors (Lipinski definition) is 1. The number of rotatable bonds is 6. The zero-order valence-electron chi connectivity index (χ0n) is 13.2. The number of likely N-dealkylation sites (N-methyl/N-ethyl adjacent to an activating group) is 1. The second-order valence-corrected chi connectivity index (χ2v) is 7.74. The predicted octanol–water partition coefficient (Wildman–Crippen LogP) is 1.36. The van der Waals surface area contributed by atoms with E-state index in [1.165, 1.54) is 10.7 Å². The van der Waals surface area contributed by atoms with Crippen LogP contribution in [-0.4, -0.2) is 48.5 Å². The number of piperidine rings is 1. The molecule has 1 aromatic heterocycles. The van der Waals surface area contributed by atoms with Crippen LogP contribution >= 0.6 is 0 Å². The maximum atomic E-state index is 12.6. The largest absolute Gasteiger partial charge is 0.334 e. The number of imidazole rings is 1. The Morgan fingerprint density at radius 3 is 2.86 bits per heavy atom. The monoisotopic (exact) mass is 314 g/mol. The fraction of sp³-hybridized carbons (Fsp3) is 0.786. The van der Waals surface area contributed by atoms with Gasteiger partial charge in [0.2, 0.25) is 0 Å². The first-order valence-electron chi connectivity index (χ1n) is 7.68. The molecule has 0 aromatic carbocycles. The van der Waals surface area contributed by atoms with Gasteiger partial charge in [-0.05, 0) is 32.7 Å². The summed E-state index contributed by atoms with van der Waals surface area (Å²) in [4.78, 5) is 4.23. The van der Waals surface area contributed by atoms with E-state index < -0.39 is 10.0 Å². The van der Waals surface area contributed by atoms with E-state index in [2.05, 4.69) is 17.2 Å². The van der Waals surface area contributed by atoms with E-state index in [9.17, 15) is 8.42 Å². The fourth-order valence-electron chi connectivity index (χ4n) is 2.72. The Kier molecular flexibility index (Phi) is 5.40. The van der Waals surface area contributed by atoms with Crippen molar-refractivity contribution >= 4 is 10.0 Å². The number of nitrogens with one attached hydrogen (secondary N) is 1. The van der Waals surface area contributed by atoms with Crippen LogP contribution in [0.2, 0.25) is 0 Å². The van der Waals surface area contributed by atoms with Gasteiger partial charge in [-0.15, -0.1) is 0 Å². The Hall–Kier alpha value is -0.920. The SMILES string of the molecule is CCCn1cc(S(=O)(=O)N(C)CC2CCCCN2)nc1C. The summed E-state index contributed by atoms with van der Waals surface area (Å²) in [6.07, 6.45) is 5.98. The average molecular weight is 314 g/mol. The quantitative estimate of drug-likeness (QED) is 0.861. The Labute approximate surface area is 127 Å². The molecule has 2 heterocycles. The molecule has 6 nitrogen and oxygen atoms in total. The summed E-state index contributed by atoms with van der Waals surface area (Å²) < 4.78 is 28.5. The number of aryl methyl sites for hydroxylation is 2. The first-order chi connectivity index (χ1) is 9.95. The van der Waals surface area contributed by atoms with Crippen molar-refractivity contribution in [2.45, 2.75) is 57.1 Å². The van der Waals surface area contributed by atoms with Gasteiger partial charge in [-0.25, -0.2) is 13.4 Å². The van der Waals surface area contributed by atoms with Gasteiger partial charge in [0.25, 0.3) is 10.0 Å². The highest BCUT2D eigenvalue weighted by molar-refractivity contribution is 7.89. The van der Waals surface area contributed by atoms with Crippen molar-refractivity contribution in [3.63, 3.8) is 0 Å². The summed E-state index contributed by atoms with van der Waals surface area (Å²) in [5.41, 5.74) is 0. The van der Waals surface area contributed by atoms with Crippen LogP contribution in [0.4, 0.5) is 0 Å². The van der Waals surface area contributed by atoms with E-state index >= 15 is 0 Å². The zero-order chi connectivity index (χ0) is 15.5. The number of hydrogen-bond acceptors (Lipinski definition) is 4. The van der Waals surface area contributed by atoms with E-state index in [-0.39, 0.29) is 11.1 Å². The number of sulfonamides is 1. The lowest BCUT2D eigenvalue weighted by Gasteiger charge is -2.27. The molecule has 0 aliphatic carbocycles. The van der Waals surface area contributed by atoms with Crippen LogP contribution in [0.15, 0.2) is 11.2 Å². The molecule has 1 saturated heterocycles. The van der Waals surface area contributed by atoms with Crippen LogP contribution in [0.3, 0.4) is 0 Å². The van der Waals surface area contributed by atoms with Crippen molar-refractivity contribution in [1.29, 1.82) is 0 Å². The van der Waals surface area contributed by atoms with Gasteiger partial charge in [0.05, 0.1) is 0 Å². The molecule has 0 bridgehead atoms. The molecule has 1 unspecified atom stereocenters. The third-order valence-electron chi connectivity index (χ3n) is 3.98. The van der Waals surface area contributed by atoms with Gasteiger partial charge >= 0.3 is 0 Å². The number of nitrogens with zero attached hydrogens (tertiary/aromatic N) is 3. The molecule has 21 heavy (non-hydrogen) atoms. The second-order valence-electron chi connectivity index (χ2n) is 5.75. The minimum absolute atomic E-state index is 0.159. The molecule has 2 rings (SSSR count). The van der Waals surface area contributed by atoms with Crippen LogP contribution in [0.5, 0.6) is 0 Å². The van der Waals surface area contributed by atoms with Crippen LogP contribution in [0.25, 0.3) is 0 Å². The lowest BCUT2D eigenvalue weighted by molar-refractivity contribution is 0.337. The third-order valence-corrected chi connectivity index (χ3v) is 5.68. The van der Waals surface area contributed by atoms with Crippen LogP contribution < -0.4 is 5.32 Å². The first kappa shape index (κ1) is 16.5. The molecule has 0 radical (unpaired) electrons. The fourth-order valence-corrected chi connectivity index (χ4v) is 3.92. The maximum absolute atomic E-state index is 12.6. The van der Waals surface area contributed by atoms with E-state index in [4.69, 9.17) is 0 Å². The van der Waals surface area contributed by atoms with E-state index in [1.807, 2.05) is 11.5 Å². The molecule has 0 spiro atoms. The molecule has 1 atom stereocenters. The molecule has 1 fully saturated rings. The lowest BCUT2D eigenvalue weighted by atomic mass is 10.1. The predicted molar refractivity (Wildman–Crippen MR) is 82.7 cm³/mol. The van der Waals surface area contributed by atoms with Gasteiger partial charge < -0.3 is 9.88 Å². The molecule has 7 heteroatoms. The van der Waals surface area contributed by atoms with Crippen LogP contribution in [-0.2, 0) is 16.6 Å². The van der Waals surface area contributed by atoms with Crippen molar-refractivity contribution < 1.29 is 8.42 Å². The Morgan fingerprint density at radius 1 is 1.48 bits per heavy atom. The van der Waals surface area contributed by atoms with Gasteiger partial charge in [-0.2, -0.15) is 4.31 Å². The molecule has 0 amide bonds. The highest BCUT2D eigenvalue weighted by atomic mass is 32.2. The maximum Gasteiger partial charge on any atom is 0.261 e. The standard InChI is InChI=1S/C14H26N4O2S/c1-4-9-18-11-14(16-12(18)2)21(19,20)17(3)10-13-7-5-6-8-15-13/h11,13,15H,4-10H2,1-3H3.